The van der Waals surface area contributed by atoms with E-state index in [1.165, 1.54) is 6.07 Å². The first-order valence-electron chi connectivity index (χ1n) is 6.16. The fourth-order valence-corrected chi connectivity index (χ4v) is 1.76. The lowest BCUT2D eigenvalue weighted by Gasteiger charge is -2.13. The summed E-state index contributed by atoms with van der Waals surface area (Å²) in [5, 5.41) is 15.4. The van der Waals surface area contributed by atoms with E-state index >= 15 is 0 Å². The van der Waals surface area contributed by atoms with Crippen LogP contribution in [0.15, 0.2) is 34.9 Å². The van der Waals surface area contributed by atoms with Crippen LogP contribution < -0.4 is 10.1 Å². The minimum atomic E-state index is -1.09. The highest BCUT2D eigenvalue weighted by atomic mass is 16.5. The number of ether oxygens (including phenoxy) is 1. The Morgan fingerprint density at radius 1 is 1.45 bits per heavy atom. The molecule has 2 N–H and O–H groups in total. The number of carbonyl (C=O) groups is 1. The lowest BCUT2D eigenvalue weighted by molar-refractivity contribution is 0.0685. The van der Waals surface area contributed by atoms with Gasteiger partial charge in [-0.15, -0.1) is 0 Å². The molecular weight excluding hydrogens is 260 g/mol. The second-order valence-corrected chi connectivity index (χ2v) is 4.36. The van der Waals surface area contributed by atoms with Gasteiger partial charge in [0, 0.05) is 12.1 Å². The Hall–Kier alpha value is -2.34. The quantitative estimate of drug-likeness (QED) is 0.841. The zero-order valence-electron chi connectivity index (χ0n) is 11.3. The number of nitrogens with one attached hydrogen (secondary N) is 1. The molecule has 0 amide bonds. The number of aromatic carboxylic acids is 1. The van der Waals surface area contributed by atoms with Crippen molar-refractivity contribution in [1.29, 1.82) is 0 Å². The smallest absolute Gasteiger partial charge is 0.358 e. The summed E-state index contributed by atoms with van der Waals surface area (Å²) in [7, 11) is 1.63. The Labute approximate surface area is 116 Å². The highest BCUT2D eigenvalue weighted by molar-refractivity contribution is 5.85. The van der Waals surface area contributed by atoms with Gasteiger partial charge in [0.15, 0.2) is 11.5 Å². The Bertz CT molecular complexity index is 577. The predicted octanol–water partition coefficient (Wildman–Crippen LogP) is 2.23. The van der Waals surface area contributed by atoms with Crippen LogP contribution in [0.4, 0.5) is 0 Å². The molecule has 0 spiro atoms. The first-order valence-corrected chi connectivity index (χ1v) is 6.16. The molecule has 0 radical (unpaired) electrons. The maximum absolute atomic E-state index is 10.7. The normalized spacial score (nSPS) is 12.1. The summed E-state index contributed by atoms with van der Waals surface area (Å²) in [6.07, 6.45) is 0. The van der Waals surface area contributed by atoms with E-state index in [-0.39, 0.29) is 11.7 Å². The van der Waals surface area contributed by atoms with Crippen LogP contribution in [-0.2, 0) is 6.54 Å². The molecule has 20 heavy (non-hydrogen) atoms. The maximum Gasteiger partial charge on any atom is 0.358 e. The highest BCUT2D eigenvalue weighted by Crippen LogP contribution is 2.17. The van der Waals surface area contributed by atoms with Crippen molar-refractivity contribution in [2.24, 2.45) is 0 Å². The van der Waals surface area contributed by atoms with Gasteiger partial charge in [0.05, 0.1) is 13.7 Å². The standard InChI is InChI=1S/C14H16N2O4/c1-9(10-3-5-11(19-2)6-4-10)15-8-12-7-13(14(17)18)16-20-12/h3-7,9,15H,8H2,1-2H3,(H,17,18)/t9-/m1/s1. The van der Waals surface area contributed by atoms with Gasteiger partial charge in [-0.25, -0.2) is 4.79 Å². The Balaban J connectivity index is 1.93. The Kier molecular flexibility index (Phi) is 4.37. The highest BCUT2D eigenvalue weighted by Gasteiger charge is 2.12. The minimum absolute atomic E-state index is 0.0844. The van der Waals surface area contributed by atoms with Crippen LogP contribution in [-0.4, -0.2) is 23.3 Å². The fourth-order valence-electron chi connectivity index (χ4n) is 1.76. The monoisotopic (exact) mass is 276 g/mol. The average molecular weight is 276 g/mol. The fraction of sp³-hybridized carbons (Fsp3) is 0.286. The zero-order valence-corrected chi connectivity index (χ0v) is 11.3. The largest absolute Gasteiger partial charge is 0.497 e. The van der Waals surface area contributed by atoms with Crippen LogP contribution in [0.25, 0.3) is 0 Å². The second-order valence-electron chi connectivity index (χ2n) is 4.36. The van der Waals surface area contributed by atoms with Crippen LogP contribution in [0.3, 0.4) is 0 Å². The lowest BCUT2D eigenvalue weighted by atomic mass is 10.1. The number of methoxy groups -OCH3 is 1. The van der Waals surface area contributed by atoms with Crippen LogP contribution in [0.2, 0.25) is 0 Å². The van der Waals surface area contributed by atoms with E-state index in [0.29, 0.717) is 12.3 Å². The topological polar surface area (TPSA) is 84.6 Å². The lowest BCUT2D eigenvalue weighted by Crippen LogP contribution is -2.17. The first kappa shape index (κ1) is 14.1. The molecule has 0 saturated carbocycles. The number of rotatable bonds is 6. The van der Waals surface area contributed by atoms with Crippen molar-refractivity contribution in [1.82, 2.24) is 10.5 Å². The molecule has 0 unspecified atom stereocenters. The van der Waals surface area contributed by atoms with Crippen LogP contribution in [0.1, 0.15) is 34.8 Å². The molecule has 0 bridgehead atoms. The molecule has 106 valence electrons. The van der Waals surface area contributed by atoms with E-state index in [1.54, 1.807) is 7.11 Å². The molecule has 1 aromatic heterocycles. The van der Waals surface area contributed by atoms with E-state index in [2.05, 4.69) is 10.5 Å². The first-order chi connectivity index (χ1) is 9.60. The number of carboxylic acids is 1. The number of nitrogens with zero attached hydrogens (tertiary/aromatic N) is 1. The Morgan fingerprint density at radius 3 is 2.70 bits per heavy atom. The van der Waals surface area contributed by atoms with Gasteiger partial charge >= 0.3 is 5.97 Å². The van der Waals surface area contributed by atoms with Crippen LogP contribution in [0.5, 0.6) is 5.75 Å². The van der Waals surface area contributed by atoms with Gasteiger partial charge < -0.3 is 19.7 Å². The van der Waals surface area contributed by atoms with Gasteiger partial charge in [-0.1, -0.05) is 17.3 Å². The van der Waals surface area contributed by atoms with Gasteiger partial charge in [0.2, 0.25) is 0 Å². The molecule has 2 aromatic rings. The van der Waals surface area contributed by atoms with Gasteiger partial charge in [0.25, 0.3) is 0 Å². The van der Waals surface area contributed by atoms with Gasteiger partial charge in [-0.2, -0.15) is 0 Å². The molecule has 0 fully saturated rings. The number of aromatic nitrogens is 1. The summed E-state index contributed by atoms with van der Waals surface area (Å²) in [5.74, 6) is 0.202. The summed E-state index contributed by atoms with van der Waals surface area (Å²) in [4.78, 5) is 10.7. The molecule has 2 rings (SSSR count). The van der Waals surface area contributed by atoms with Crippen LogP contribution >= 0.6 is 0 Å². The van der Waals surface area contributed by atoms with Crippen molar-refractivity contribution >= 4 is 5.97 Å². The number of hydrogen-bond donors (Lipinski definition) is 2. The molecule has 0 aliphatic carbocycles. The van der Waals surface area contributed by atoms with Gasteiger partial charge in [-0.3, -0.25) is 0 Å². The molecule has 0 aliphatic rings. The molecule has 1 atom stereocenters. The van der Waals surface area contributed by atoms with Gasteiger partial charge in [-0.05, 0) is 24.6 Å². The van der Waals surface area contributed by atoms with E-state index in [0.717, 1.165) is 11.3 Å². The molecule has 1 heterocycles. The SMILES string of the molecule is COc1ccc([C@@H](C)NCc2cc(C(=O)O)no2)cc1. The third-order valence-electron chi connectivity index (χ3n) is 2.98. The number of carboxylic acid groups (broad SMARTS) is 1. The molecular formula is C14H16N2O4. The third-order valence-corrected chi connectivity index (χ3v) is 2.98. The van der Waals surface area contributed by atoms with E-state index in [1.807, 2.05) is 31.2 Å². The summed E-state index contributed by atoms with van der Waals surface area (Å²) in [6.45, 7) is 2.42. The summed E-state index contributed by atoms with van der Waals surface area (Å²) in [6, 6.07) is 9.24. The van der Waals surface area contributed by atoms with Crippen molar-refractivity contribution in [2.75, 3.05) is 7.11 Å². The zero-order chi connectivity index (χ0) is 14.5. The molecule has 0 aliphatic heterocycles. The van der Waals surface area contributed by atoms with Crippen molar-refractivity contribution in [2.45, 2.75) is 19.5 Å². The van der Waals surface area contributed by atoms with E-state index < -0.39 is 5.97 Å². The third kappa shape index (κ3) is 3.36. The van der Waals surface area contributed by atoms with Crippen molar-refractivity contribution < 1.29 is 19.2 Å². The molecule has 1 aromatic carbocycles. The van der Waals surface area contributed by atoms with Crippen molar-refractivity contribution in [3.63, 3.8) is 0 Å². The number of benzene rings is 1. The summed E-state index contributed by atoms with van der Waals surface area (Å²) < 4.78 is 10.0. The van der Waals surface area contributed by atoms with Crippen molar-refractivity contribution in [3.8, 4) is 5.75 Å². The molecule has 6 heteroatoms. The van der Waals surface area contributed by atoms with Crippen molar-refractivity contribution in [3.05, 3.63) is 47.3 Å². The summed E-state index contributed by atoms with van der Waals surface area (Å²) >= 11 is 0. The number of hydrogen-bond acceptors (Lipinski definition) is 5. The van der Waals surface area contributed by atoms with Crippen LogP contribution in [0, 0.1) is 0 Å². The van der Waals surface area contributed by atoms with Gasteiger partial charge in [0.1, 0.15) is 5.75 Å². The maximum atomic E-state index is 10.7. The predicted molar refractivity (Wildman–Crippen MR) is 71.7 cm³/mol. The second kappa shape index (κ2) is 6.21. The molecule has 0 saturated heterocycles. The minimum Gasteiger partial charge on any atom is -0.497 e. The molecule has 6 nitrogen and oxygen atoms in total. The summed E-state index contributed by atoms with van der Waals surface area (Å²) in [5.41, 5.74) is 1.02. The van der Waals surface area contributed by atoms with E-state index in [4.69, 9.17) is 14.4 Å². The average Bonchev–Trinajstić information content (AvgIpc) is 2.94. The Morgan fingerprint density at radius 2 is 2.15 bits per heavy atom. The van der Waals surface area contributed by atoms with E-state index in [9.17, 15) is 4.79 Å².